The summed E-state index contributed by atoms with van der Waals surface area (Å²) in [4.78, 5) is 36.7. The lowest BCUT2D eigenvalue weighted by Crippen LogP contribution is -2.26. The molecule has 0 atom stereocenters. The van der Waals surface area contributed by atoms with Crippen molar-refractivity contribution < 1.29 is 19.1 Å². The molecule has 0 spiro atoms. The van der Waals surface area contributed by atoms with Gasteiger partial charge in [0, 0.05) is 25.2 Å². The Balaban J connectivity index is 2.42. The lowest BCUT2D eigenvalue weighted by atomic mass is 9.98. The van der Waals surface area contributed by atoms with Gasteiger partial charge in [-0.25, -0.2) is 4.79 Å². The van der Waals surface area contributed by atoms with Gasteiger partial charge in [-0.1, -0.05) is 36.4 Å². The average molecular weight is 297 g/mol. The van der Waals surface area contributed by atoms with Crippen LogP contribution in [0.2, 0.25) is 0 Å². The van der Waals surface area contributed by atoms with Gasteiger partial charge in [0.2, 0.25) is 0 Å². The minimum Gasteiger partial charge on any atom is -0.409 e. The van der Waals surface area contributed by atoms with Crippen LogP contribution in [0.15, 0.2) is 48.5 Å². The largest absolute Gasteiger partial charge is 0.414 e. The third-order valence-electron chi connectivity index (χ3n) is 3.03. The molecule has 0 aromatic heterocycles. The Morgan fingerprint density at radius 2 is 1.55 bits per heavy atom. The van der Waals surface area contributed by atoms with Gasteiger partial charge >= 0.3 is 6.09 Å². The number of benzene rings is 2. The average Bonchev–Trinajstić information content (AvgIpc) is 2.54. The summed E-state index contributed by atoms with van der Waals surface area (Å²) in [6.45, 7) is 0. The van der Waals surface area contributed by atoms with Crippen LogP contribution < -0.4 is 4.74 Å². The molecular formula is C17H15NO4. The van der Waals surface area contributed by atoms with Crippen LogP contribution >= 0.6 is 0 Å². The number of hydrogen-bond donors (Lipinski definition) is 0. The molecule has 5 nitrogen and oxygen atoms in total. The van der Waals surface area contributed by atoms with Gasteiger partial charge in [0.05, 0.1) is 5.56 Å². The van der Waals surface area contributed by atoms with E-state index in [-0.39, 0.29) is 22.7 Å². The van der Waals surface area contributed by atoms with Gasteiger partial charge in [-0.2, -0.15) is 0 Å². The maximum Gasteiger partial charge on any atom is 0.414 e. The van der Waals surface area contributed by atoms with E-state index >= 15 is 0 Å². The molecule has 1 amide bonds. The van der Waals surface area contributed by atoms with E-state index in [0.29, 0.717) is 11.8 Å². The molecular weight excluding hydrogens is 282 g/mol. The van der Waals surface area contributed by atoms with Crippen molar-refractivity contribution in [3.8, 4) is 5.75 Å². The van der Waals surface area contributed by atoms with Crippen LogP contribution in [0.5, 0.6) is 5.75 Å². The highest BCUT2D eigenvalue weighted by Gasteiger charge is 2.19. The number of para-hydroxylation sites is 1. The van der Waals surface area contributed by atoms with Gasteiger partial charge < -0.3 is 9.64 Å². The number of ether oxygens (including phenoxy) is 1. The summed E-state index contributed by atoms with van der Waals surface area (Å²) in [5, 5.41) is 0. The Hall–Kier alpha value is -2.95. The van der Waals surface area contributed by atoms with Crippen LogP contribution in [-0.2, 0) is 0 Å². The maximum absolute atomic E-state index is 12.6. The molecule has 0 saturated heterocycles. The molecule has 0 aliphatic carbocycles. The summed E-state index contributed by atoms with van der Waals surface area (Å²) in [6, 6.07) is 12.9. The molecule has 0 aliphatic rings. The van der Waals surface area contributed by atoms with Gasteiger partial charge in [-0.15, -0.1) is 0 Å². The zero-order valence-electron chi connectivity index (χ0n) is 12.3. The second kappa shape index (κ2) is 6.67. The second-order valence-electron chi connectivity index (χ2n) is 4.79. The summed E-state index contributed by atoms with van der Waals surface area (Å²) in [7, 11) is 3.10. The Kier molecular flexibility index (Phi) is 4.68. The van der Waals surface area contributed by atoms with Crippen molar-refractivity contribution in [2.45, 2.75) is 0 Å². The first-order valence-corrected chi connectivity index (χ1v) is 6.61. The third-order valence-corrected chi connectivity index (χ3v) is 3.03. The van der Waals surface area contributed by atoms with E-state index in [2.05, 4.69) is 0 Å². The number of amides is 1. The number of rotatable bonds is 4. The molecule has 0 fully saturated rings. The Bertz CT molecular complexity index is 722. The fraction of sp³-hybridized carbons (Fsp3) is 0.118. The van der Waals surface area contributed by atoms with Gasteiger partial charge in [0.15, 0.2) is 12.1 Å². The van der Waals surface area contributed by atoms with Crippen molar-refractivity contribution in [3.05, 3.63) is 65.2 Å². The molecule has 0 radical (unpaired) electrons. The van der Waals surface area contributed by atoms with E-state index in [9.17, 15) is 14.4 Å². The predicted molar refractivity (Wildman–Crippen MR) is 81.4 cm³/mol. The number of ketones is 1. The van der Waals surface area contributed by atoms with E-state index in [4.69, 9.17) is 4.74 Å². The van der Waals surface area contributed by atoms with Crippen molar-refractivity contribution in [2.75, 3.05) is 14.1 Å². The Morgan fingerprint density at radius 3 is 2.18 bits per heavy atom. The number of aldehydes is 1. The molecule has 0 bridgehead atoms. The predicted octanol–water partition coefficient (Wildman–Crippen LogP) is 2.79. The first-order chi connectivity index (χ1) is 10.5. The van der Waals surface area contributed by atoms with E-state index in [1.54, 1.807) is 56.6 Å². The molecule has 5 heteroatoms. The van der Waals surface area contributed by atoms with Gasteiger partial charge in [-0.05, 0) is 12.1 Å². The van der Waals surface area contributed by atoms with Gasteiger partial charge in [0.1, 0.15) is 5.75 Å². The number of nitrogens with zero attached hydrogens (tertiary/aromatic N) is 1. The third kappa shape index (κ3) is 3.20. The van der Waals surface area contributed by atoms with Crippen molar-refractivity contribution in [1.29, 1.82) is 0 Å². The molecule has 112 valence electrons. The summed E-state index contributed by atoms with van der Waals surface area (Å²) in [5.41, 5.74) is 0.791. The van der Waals surface area contributed by atoms with Crippen molar-refractivity contribution in [3.63, 3.8) is 0 Å². The summed E-state index contributed by atoms with van der Waals surface area (Å²) in [6.07, 6.45) is 0.0470. The fourth-order valence-corrected chi connectivity index (χ4v) is 1.88. The SMILES string of the molecule is CN(C)C(=O)Oc1ccccc1C(=O)c1ccccc1C=O. The minimum atomic E-state index is -0.580. The van der Waals surface area contributed by atoms with Crippen LogP contribution in [0, 0.1) is 0 Å². The topological polar surface area (TPSA) is 63.7 Å². The Morgan fingerprint density at radius 1 is 0.955 bits per heavy atom. The quantitative estimate of drug-likeness (QED) is 0.643. The number of hydrogen-bond acceptors (Lipinski definition) is 4. The van der Waals surface area contributed by atoms with Crippen LogP contribution in [0.3, 0.4) is 0 Å². The van der Waals surface area contributed by atoms with E-state index in [1.165, 1.54) is 11.0 Å². The number of carbonyl (C=O) groups excluding carboxylic acids is 3. The zero-order valence-corrected chi connectivity index (χ0v) is 12.3. The van der Waals surface area contributed by atoms with Gasteiger partial charge in [0.25, 0.3) is 0 Å². The molecule has 0 unspecified atom stereocenters. The normalized spacial score (nSPS) is 9.91. The first kappa shape index (κ1) is 15.4. The molecule has 0 aliphatic heterocycles. The maximum atomic E-state index is 12.6. The molecule has 0 N–H and O–H groups in total. The van der Waals surface area contributed by atoms with Crippen LogP contribution in [0.4, 0.5) is 4.79 Å². The second-order valence-corrected chi connectivity index (χ2v) is 4.79. The summed E-state index contributed by atoms with van der Waals surface area (Å²) in [5.74, 6) is -0.211. The number of carbonyl (C=O) groups is 3. The summed E-state index contributed by atoms with van der Waals surface area (Å²) < 4.78 is 5.20. The Labute approximate surface area is 128 Å². The highest BCUT2D eigenvalue weighted by atomic mass is 16.6. The van der Waals surface area contributed by atoms with Crippen molar-refractivity contribution in [2.24, 2.45) is 0 Å². The van der Waals surface area contributed by atoms with Crippen LogP contribution in [-0.4, -0.2) is 37.2 Å². The molecule has 2 aromatic rings. The summed E-state index contributed by atoms with van der Waals surface area (Å²) >= 11 is 0. The monoisotopic (exact) mass is 297 g/mol. The molecule has 0 saturated carbocycles. The molecule has 2 aromatic carbocycles. The molecule has 2 rings (SSSR count). The highest BCUT2D eigenvalue weighted by Crippen LogP contribution is 2.23. The van der Waals surface area contributed by atoms with Crippen molar-refractivity contribution >= 4 is 18.2 Å². The van der Waals surface area contributed by atoms with E-state index < -0.39 is 6.09 Å². The van der Waals surface area contributed by atoms with Gasteiger partial charge in [-0.3, -0.25) is 9.59 Å². The highest BCUT2D eigenvalue weighted by molar-refractivity contribution is 6.14. The van der Waals surface area contributed by atoms with Crippen molar-refractivity contribution in [1.82, 2.24) is 4.90 Å². The minimum absolute atomic E-state index is 0.159. The lowest BCUT2D eigenvalue weighted by molar-refractivity contribution is 0.102. The fourth-order valence-electron chi connectivity index (χ4n) is 1.88. The van der Waals surface area contributed by atoms with E-state index in [1.807, 2.05) is 0 Å². The molecule has 0 heterocycles. The smallest absolute Gasteiger partial charge is 0.409 e. The lowest BCUT2D eigenvalue weighted by Gasteiger charge is -2.13. The first-order valence-electron chi connectivity index (χ1n) is 6.61. The van der Waals surface area contributed by atoms with Crippen LogP contribution in [0.1, 0.15) is 26.3 Å². The standard InChI is InChI=1S/C17H15NO4/c1-18(2)17(21)22-15-10-6-5-9-14(15)16(20)13-8-4-3-7-12(13)11-19/h3-11H,1-2H3. The zero-order chi connectivity index (χ0) is 16.1. The molecule has 22 heavy (non-hydrogen) atoms. The van der Waals surface area contributed by atoms with Crippen LogP contribution in [0.25, 0.3) is 0 Å². The van der Waals surface area contributed by atoms with E-state index in [0.717, 1.165) is 0 Å².